The van der Waals surface area contributed by atoms with Crippen LogP contribution in [0, 0.1) is 0 Å². The number of fused-ring (bicyclic) bond motifs is 6. The molecule has 11 rings (SSSR count). The van der Waals surface area contributed by atoms with Gasteiger partial charge in [-0.3, -0.25) is 4.57 Å². The normalized spacial score (nSPS) is 11.5. The Kier molecular flexibility index (Phi) is 7.74. The van der Waals surface area contributed by atoms with E-state index in [2.05, 4.69) is 167 Å². The summed E-state index contributed by atoms with van der Waals surface area (Å²) in [4.78, 5) is 12.5. The Bertz CT molecular complexity index is 3210. The monoisotopic (exact) mass is 730 g/mol. The number of anilines is 3. The van der Waals surface area contributed by atoms with Crippen LogP contribution in [0.2, 0.25) is 0 Å². The molecule has 0 bridgehead atoms. The van der Waals surface area contributed by atoms with E-state index in [4.69, 9.17) is 14.4 Å². The van der Waals surface area contributed by atoms with Crippen molar-refractivity contribution in [2.24, 2.45) is 0 Å². The molecular weight excluding hydrogens is 697 g/mol. The Morgan fingerprint density at radius 3 is 1.74 bits per heavy atom. The van der Waals surface area contributed by atoms with Crippen LogP contribution in [0.4, 0.5) is 17.1 Å². The second kappa shape index (κ2) is 13.5. The second-order valence-electron chi connectivity index (χ2n) is 14.3. The molecule has 0 amide bonds. The van der Waals surface area contributed by atoms with E-state index < -0.39 is 0 Å². The summed E-state index contributed by atoms with van der Waals surface area (Å²) in [7, 11) is 0. The van der Waals surface area contributed by atoms with Gasteiger partial charge in [-0.1, -0.05) is 127 Å². The molecule has 268 valence electrons. The van der Waals surface area contributed by atoms with Crippen molar-refractivity contribution in [2.75, 3.05) is 4.90 Å². The van der Waals surface area contributed by atoms with Crippen molar-refractivity contribution in [2.45, 2.75) is 0 Å². The van der Waals surface area contributed by atoms with Gasteiger partial charge >= 0.3 is 0 Å². The number of nitrogens with zero attached hydrogens (tertiary/aromatic N) is 4. The number of hydrogen-bond acceptors (Lipinski definition) is 4. The van der Waals surface area contributed by atoms with Crippen molar-refractivity contribution in [1.29, 1.82) is 0 Å². The van der Waals surface area contributed by atoms with Gasteiger partial charge in [0.1, 0.15) is 11.3 Å². The number of aromatic nitrogens is 3. The Labute approximate surface area is 329 Å². The molecule has 9 aromatic carbocycles. The van der Waals surface area contributed by atoms with Crippen molar-refractivity contribution in [3.05, 3.63) is 206 Å². The van der Waals surface area contributed by atoms with Crippen LogP contribution in [0.5, 0.6) is 0 Å². The van der Waals surface area contributed by atoms with Crippen LogP contribution in [-0.2, 0) is 0 Å². The first kappa shape index (κ1) is 32.7. The van der Waals surface area contributed by atoms with E-state index in [-0.39, 0.29) is 0 Å². The molecule has 0 aliphatic heterocycles. The van der Waals surface area contributed by atoms with Gasteiger partial charge < -0.3 is 9.32 Å². The van der Waals surface area contributed by atoms with Gasteiger partial charge in [0.25, 0.3) is 0 Å². The fourth-order valence-corrected chi connectivity index (χ4v) is 8.06. The van der Waals surface area contributed by atoms with Gasteiger partial charge in [-0.2, -0.15) is 0 Å². The van der Waals surface area contributed by atoms with Crippen LogP contribution in [0.3, 0.4) is 0 Å². The molecule has 0 radical (unpaired) electrons. The predicted octanol–water partition coefficient (Wildman–Crippen LogP) is 13.9. The SMILES string of the molecule is c1ccc(-c2ccc(N(c3ccc(-n4c(-c5ccccc5)nc5ccccc54)cc3)c3ccc4ccc5ccc6oc(-c7ccccc7)nc6c5c4c3)cc2)cc1. The zero-order chi connectivity index (χ0) is 37.7. The van der Waals surface area contributed by atoms with Gasteiger partial charge in [-0.05, 0) is 106 Å². The number of rotatable bonds is 7. The van der Waals surface area contributed by atoms with Crippen LogP contribution in [0.1, 0.15) is 0 Å². The highest BCUT2D eigenvalue weighted by molar-refractivity contribution is 6.19. The minimum absolute atomic E-state index is 0.618. The lowest BCUT2D eigenvalue weighted by Gasteiger charge is -2.26. The lowest BCUT2D eigenvalue weighted by Crippen LogP contribution is -2.10. The van der Waals surface area contributed by atoms with E-state index >= 15 is 0 Å². The lowest BCUT2D eigenvalue weighted by molar-refractivity contribution is 0.620. The molecule has 0 aliphatic carbocycles. The molecule has 0 aliphatic rings. The average Bonchev–Trinajstić information content (AvgIpc) is 3.91. The van der Waals surface area contributed by atoms with E-state index in [1.165, 1.54) is 11.1 Å². The molecule has 5 nitrogen and oxygen atoms in total. The van der Waals surface area contributed by atoms with Crippen molar-refractivity contribution in [3.8, 4) is 39.7 Å². The summed E-state index contributed by atoms with van der Waals surface area (Å²) in [6.07, 6.45) is 0. The molecule has 0 fully saturated rings. The van der Waals surface area contributed by atoms with E-state index in [1.807, 2.05) is 48.5 Å². The van der Waals surface area contributed by atoms with Crippen molar-refractivity contribution < 1.29 is 4.42 Å². The summed E-state index contributed by atoms with van der Waals surface area (Å²) < 4.78 is 8.60. The highest BCUT2D eigenvalue weighted by Crippen LogP contribution is 2.41. The van der Waals surface area contributed by atoms with Crippen molar-refractivity contribution >= 4 is 60.7 Å². The summed E-state index contributed by atoms with van der Waals surface area (Å²) in [5, 5.41) is 4.44. The summed E-state index contributed by atoms with van der Waals surface area (Å²) in [6, 6.07) is 72.2. The van der Waals surface area contributed by atoms with Crippen LogP contribution < -0.4 is 4.90 Å². The molecule has 0 unspecified atom stereocenters. The zero-order valence-electron chi connectivity index (χ0n) is 30.8. The third-order valence-corrected chi connectivity index (χ3v) is 10.8. The lowest BCUT2D eigenvalue weighted by atomic mass is 9.99. The van der Waals surface area contributed by atoms with Crippen LogP contribution >= 0.6 is 0 Å². The average molecular weight is 731 g/mol. The number of imidazole rings is 1. The third-order valence-electron chi connectivity index (χ3n) is 10.8. The Morgan fingerprint density at radius 1 is 0.439 bits per heavy atom. The van der Waals surface area contributed by atoms with E-state index in [1.54, 1.807) is 0 Å². The largest absolute Gasteiger partial charge is 0.436 e. The Hall–Kier alpha value is -7.76. The number of oxazole rings is 1. The highest BCUT2D eigenvalue weighted by Gasteiger charge is 2.19. The molecule has 11 aromatic rings. The molecule has 0 atom stereocenters. The summed E-state index contributed by atoms with van der Waals surface area (Å²) in [5.41, 5.74) is 12.2. The summed E-state index contributed by atoms with van der Waals surface area (Å²) in [6.45, 7) is 0. The van der Waals surface area contributed by atoms with Gasteiger partial charge in [0.2, 0.25) is 5.89 Å². The first-order valence-electron chi connectivity index (χ1n) is 19.2. The van der Waals surface area contributed by atoms with Crippen LogP contribution in [0.25, 0.3) is 83.3 Å². The van der Waals surface area contributed by atoms with Gasteiger partial charge in [-0.15, -0.1) is 0 Å². The third kappa shape index (κ3) is 5.72. The van der Waals surface area contributed by atoms with Crippen molar-refractivity contribution in [1.82, 2.24) is 14.5 Å². The fraction of sp³-hybridized carbons (Fsp3) is 0. The molecule has 57 heavy (non-hydrogen) atoms. The molecule has 0 spiro atoms. The molecule has 0 saturated carbocycles. The maximum absolute atomic E-state index is 6.35. The predicted molar refractivity (Wildman–Crippen MR) is 235 cm³/mol. The Balaban J connectivity index is 1.08. The quantitative estimate of drug-likeness (QED) is 0.153. The van der Waals surface area contributed by atoms with Gasteiger partial charge in [0.05, 0.1) is 11.0 Å². The van der Waals surface area contributed by atoms with Gasteiger partial charge in [0.15, 0.2) is 5.58 Å². The van der Waals surface area contributed by atoms with Crippen LogP contribution in [-0.4, -0.2) is 14.5 Å². The van der Waals surface area contributed by atoms with Crippen LogP contribution in [0.15, 0.2) is 211 Å². The molecule has 2 heterocycles. The fourth-order valence-electron chi connectivity index (χ4n) is 8.06. The molecule has 5 heteroatoms. The summed E-state index contributed by atoms with van der Waals surface area (Å²) >= 11 is 0. The molecule has 0 N–H and O–H groups in total. The van der Waals surface area contributed by atoms with Crippen molar-refractivity contribution in [3.63, 3.8) is 0 Å². The smallest absolute Gasteiger partial charge is 0.227 e. The standard InChI is InChI=1S/C52H34N4O/c1-4-12-35(13-5-1)36-22-26-41(27-23-36)55(42-29-31-43(32-30-42)56-47-19-11-10-18-46(47)53-51(56)39-14-6-2-7-15-39)44-28-24-37-20-21-38-25-33-48-50(49(38)45(37)34-44)54-52(57-48)40-16-8-3-9-17-40/h1-34H. The van der Waals surface area contributed by atoms with E-state index in [9.17, 15) is 0 Å². The maximum Gasteiger partial charge on any atom is 0.227 e. The summed E-state index contributed by atoms with van der Waals surface area (Å²) in [5.74, 6) is 1.53. The number of benzene rings is 9. The second-order valence-corrected chi connectivity index (χ2v) is 14.3. The minimum atomic E-state index is 0.618. The minimum Gasteiger partial charge on any atom is -0.436 e. The van der Waals surface area contributed by atoms with E-state index in [0.717, 1.165) is 83.4 Å². The zero-order valence-corrected chi connectivity index (χ0v) is 30.8. The highest BCUT2D eigenvalue weighted by atomic mass is 16.3. The topological polar surface area (TPSA) is 47.1 Å². The number of para-hydroxylation sites is 2. The molecule has 2 aromatic heterocycles. The van der Waals surface area contributed by atoms with Gasteiger partial charge in [0, 0.05) is 39.3 Å². The molecular formula is C52H34N4O. The maximum atomic E-state index is 6.35. The van der Waals surface area contributed by atoms with E-state index in [0.29, 0.717) is 5.89 Å². The number of hydrogen-bond donors (Lipinski definition) is 0. The van der Waals surface area contributed by atoms with Gasteiger partial charge in [-0.25, -0.2) is 9.97 Å². The Morgan fingerprint density at radius 2 is 1.00 bits per heavy atom. The first-order valence-corrected chi connectivity index (χ1v) is 19.2. The first-order chi connectivity index (χ1) is 28.2. The molecule has 0 saturated heterocycles.